The molecule has 0 aliphatic carbocycles. The predicted octanol–water partition coefficient (Wildman–Crippen LogP) is 2.39. The molecule has 0 bridgehead atoms. The van der Waals surface area contributed by atoms with Crippen LogP contribution in [0.4, 0.5) is 8.78 Å². The molecule has 1 aromatic carbocycles. The molecule has 1 unspecified atom stereocenters. The fourth-order valence-electron chi connectivity index (χ4n) is 1.53. The first-order chi connectivity index (χ1) is 7.34. The lowest BCUT2D eigenvalue weighted by atomic mass is 9.83. The quantitative estimate of drug-likeness (QED) is 0.615. The third kappa shape index (κ3) is 3.25. The Kier molecular flexibility index (Phi) is 3.99. The summed E-state index contributed by atoms with van der Waals surface area (Å²) in [5.41, 5.74) is 2.88. The first-order valence-electron chi connectivity index (χ1n) is 5.24. The molecule has 2 nitrogen and oxygen atoms in total. The van der Waals surface area contributed by atoms with Crippen molar-refractivity contribution < 1.29 is 8.78 Å². The molecule has 4 heteroatoms. The summed E-state index contributed by atoms with van der Waals surface area (Å²) in [4.78, 5) is 0. The zero-order valence-corrected chi connectivity index (χ0v) is 9.85. The van der Waals surface area contributed by atoms with Gasteiger partial charge < -0.3 is 0 Å². The van der Waals surface area contributed by atoms with Crippen molar-refractivity contribution in [3.8, 4) is 0 Å². The number of nitrogens with one attached hydrogen (secondary N) is 1. The van der Waals surface area contributed by atoms with Gasteiger partial charge in [-0.2, -0.15) is 0 Å². The molecule has 0 radical (unpaired) electrons. The fraction of sp³-hybridized carbons (Fsp3) is 0.500. The van der Waals surface area contributed by atoms with E-state index >= 15 is 0 Å². The van der Waals surface area contributed by atoms with Gasteiger partial charge in [-0.25, -0.2) is 8.78 Å². The molecule has 1 aromatic rings. The van der Waals surface area contributed by atoms with E-state index in [9.17, 15) is 8.78 Å². The highest BCUT2D eigenvalue weighted by Crippen LogP contribution is 2.23. The van der Waals surface area contributed by atoms with Gasteiger partial charge in [-0.3, -0.25) is 11.3 Å². The van der Waals surface area contributed by atoms with Crippen LogP contribution >= 0.6 is 0 Å². The lowest BCUT2D eigenvalue weighted by Crippen LogP contribution is -2.45. The molecule has 0 saturated carbocycles. The average Bonchev–Trinajstić information content (AvgIpc) is 2.17. The van der Waals surface area contributed by atoms with Gasteiger partial charge in [0.05, 0.1) is 0 Å². The van der Waals surface area contributed by atoms with Crippen LogP contribution in [0.5, 0.6) is 0 Å². The molecule has 0 saturated heterocycles. The molecule has 0 aliphatic rings. The van der Waals surface area contributed by atoms with E-state index in [2.05, 4.69) is 5.43 Å². The van der Waals surface area contributed by atoms with Crippen molar-refractivity contribution in [2.45, 2.75) is 33.2 Å². The monoisotopic (exact) mass is 228 g/mol. The van der Waals surface area contributed by atoms with Crippen LogP contribution in [0.25, 0.3) is 0 Å². The second-order valence-corrected chi connectivity index (χ2v) is 5.03. The number of rotatable bonds is 3. The zero-order valence-electron chi connectivity index (χ0n) is 9.85. The summed E-state index contributed by atoms with van der Waals surface area (Å²) in [5, 5.41) is 0. The van der Waals surface area contributed by atoms with Crippen molar-refractivity contribution in [2.75, 3.05) is 0 Å². The summed E-state index contributed by atoms with van der Waals surface area (Å²) in [6, 6.07) is 3.36. The number of halogens is 2. The molecular weight excluding hydrogens is 210 g/mol. The van der Waals surface area contributed by atoms with Gasteiger partial charge in [0.25, 0.3) is 0 Å². The lowest BCUT2D eigenvalue weighted by molar-refractivity contribution is 0.267. The van der Waals surface area contributed by atoms with Gasteiger partial charge >= 0.3 is 0 Å². The van der Waals surface area contributed by atoms with Gasteiger partial charge in [-0.05, 0) is 35.6 Å². The van der Waals surface area contributed by atoms with E-state index < -0.39 is 11.6 Å². The van der Waals surface area contributed by atoms with Crippen molar-refractivity contribution in [1.82, 2.24) is 5.43 Å². The van der Waals surface area contributed by atoms with Gasteiger partial charge in [-0.1, -0.05) is 20.8 Å². The number of hydrogen-bond acceptors (Lipinski definition) is 2. The fourth-order valence-corrected chi connectivity index (χ4v) is 1.53. The van der Waals surface area contributed by atoms with Crippen LogP contribution in [0, 0.1) is 17.0 Å². The van der Waals surface area contributed by atoms with E-state index in [0.717, 1.165) is 12.1 Å². The van der Waals surface area contributed by atoms with Crippen LogP contribution in [-0.4, -0.2) is 6.04 Å². The van der Waals surface area contributed by atoms with Gasteiger partial charge in [0.2, 0.25) is 0 Å². The van der Waals surface area contributed by atoms with Crippen LogP contribution in [0.2, 0.25) is 0 Å². The van der Waals surface area contributed by atoms with Crippen molar-refractivity contribution in [1.29, 1.82) is 0 Å². The van der Waals surface area contributed by atoms with E-state index in [1.54, 1.807) is 0 Å². The highest BCUT2D eigenvalue weighted by molar-refractivity contribution is 5.20. The maximum atomic E-state index is 13.4. The normalized spacial score (nSPS) is 13.9. The highest BCUT2D eigenvalue weighted by Gasteiger charge is 2.24. The highest BCUT2D eigenvalue weighted by atomic mass is 19.1. The Morgan fingerprint density at radius 2 is 1.94 bits per heavy atom. The largest absolute Gasteiger partial charge is 0.271 e. The van der Waals surface area contributed by atoms with Gasteiger partial charge in [0, 0.05) is 6.04 Å². The number of hydrazine groups is 1. The van der Waals surface area contributed by atoms with E-state index in [4.69, 9.17) is 5.84 Å². The maximum Gasteiger partial charge on any atom is 0.126 e. The maximum absolute atomic E-state index is 13.4. The van der Waals surface area contributed by atoms with Gasteiger partial charge in [-0.15, -0.1) is 0 Å². The number of benzene rings is 1. The van der Waals surface area contributed by atoms with E-state index in [1.165, 1.54) is 6.07 Å². The summed E-state index contributed by atoms with van der Waals surface area (Å²) in [7, 11) is 0. The summed E-state index contributed by atoms with van der Waals surface area (Å²) < 4.78 is 26.4. The van der Waals surface area contributed by atoms with Crippen molar-refractivity contribution in [3.05, 3.63) is 35.4 Å². The summed E-state index contributed by atoms with van der Waals surface area (Å²) in [6.07, 6.45) is 0.365. The Bertz CT molecular complexity index is 359. The average molecular weight is 228 g/mol. The van der Waals surface area contributed by atoms with Gasteiger partial charge in [0.1, 0.15) is 11.6 Å². The first-order valence-corrected chi connectivity index (χ1v) is 5.24. The molecule has 0 aliphatic heterocycles. The third-order valence-corrected chi connectivity index (χ3v) is 2.68. The number of nitrogens with two attached hydrogens (primary N) is 1. The van der Waals surface area contributed by atoms with Crippen LogP contribution in [0.3, 0.4) is 0 Å². The molecule has 0 aromatic heterocycles. The zero-order chi connectivity index (χ0) is 12.3. The third-order valence-electron chi connectivity index (χ3n) is 2.68. The lowest BCUT2D eigenvalue weighted by Gasteiger charge is -2.30. The molecule has 90 valence electrons. The summed E-state index contributed by atoms with van der Waals surface area (Å²) >= 11 is 0. The smallest absolute Gasteiger partial charge is 0.126 e. The Labute approximate surface area is 94.8 Å². The standard InChI is InChI=1S/C12H18F2N2/c1-12(2,3)11(16-15)7-8-6-9(13)4-5-10(8)14/h4-6,11,16H,7,15H2,1-3H3. The minimum Gasteiger partial charge on any atom is -0.271 e. The molecule has 3 N–H and O–H groups in total. The molecule has 1 atom stereocenters. The summed E-state index contributed by atoms with van der Waals surface area (Å²) in [6.45, 7) is 5.98. The Hall–Kier alpha value is -1.00. The SMILES string of the molecule is CC(C)(C)C(Cc1cc(F)ccc1F)NN. The van der Waals surface area contributed by atoms with Gasteiger partial charge in [0.15, 0.2) is 0 Å². The van der Waals surface area contributed by atoms with Crippen LogP contribution in [-0.2, 0) is 6.42 Å². The van der Waals surface area contributed by atoms with E-state index in [1.807, 2.05) is 20.8 Å². The second kappa shape index (κ2) is 4.89. The Balaban J connectivity index is 2.90. The topological polar surface area (TPSA) is 38.0 Å². The molecule has 0 fully saturated rings. The van der Waals surface area contributed by atoms with E-state index in [0.29, 0.717) is 12.0 Å². The predicted molar refractivity (Wildman–Crippen MR) is 60.6 cm³/mol. The molecule has 0 heterocycles. The van der Waals surface area contributed by atoms with E-state index in [-0.39, 0.29) is 11.5 Å². The molecular formula is C12H18F2N2. The molecule has 0 spiro atoms. The molecule has 0 amide bonds. The Morgan fingerprint density at radius 1 is 1.31 bits per heavy atom. The molecule has 16 heavy (non-hydrogen) atoms. The first kappa shape index (κ1) is 13.1. The minimum absolute atomic E-state index is 0.108. The van der Waals surface area contributed by atoms with Crippen molar-refractivity contribution in [2.24, 2.45) is 11.3 Å². The second-order valence-electron chi connectivity index (χ2n) is 5.03. The van der Waals surface area contributed by atoms with Crippen molar-refractivity contribution >= 4 is 0 Å². The molecule has 1 rings (SSSR count). The Morgan fingerprint density at radius 3 is 2.44 bits per heavy atom. The minimum atomic E-state index is -0.430. The van der Waals surface area contributed by atoms with Crippen LogP contribution < -0.4 is 11.3 Å². The van der Waals surface area contributed by atoms with Crippen LogP contribution in [0.15, 0.2) is 18.2 Å². The van der Waals surface area contributed by atoms with Crippen molar-refractivity contribution in [3.63, 3.8) is 0 Å². The summed E-state index contributed by atoms with van der Waals surface area (Å²) in [5.74, 6) is 4.60. The van der Waals surface area contributed by atoms with Crippen LogP contribution in [0.1, 0.15) is 26.3 Å². The number of hydrogen-bond donors (Lipinski definition) is 2.